The molecule has 0 atom stereocenters. The molecule has 0 unspecified atom stereocenters. The van der Waals surface area contributed by atoms with Crippen LogP contribution in [0.15, 0.2) is 53.4 Å². The fraction of sp³-hybridized carbons (Fsp3) is 0.0667. The number of aromatic carboxylic acids is 1. The van der Waals surface area contributed by atoms with E-state index in [1.54, 1.807) is 36.0 Å². The van der Waals surface area contributed by atoms with Gasteiger partial charge < -0.3 is 10.4 Å². The second-order valence-electron chi connectivity index (χ2n) is 4.03. The highest BCUT2D eigenvalue weighted by Crippen LogP contribution is 2.18. The number of nitrogens with one attached hydrogen (secondary N) is 1. The fourth-order valence-electron chi connectivity index (χ4n) is 1.74. The first kappa shape index (κ1) is 14.1. The van der Waals surface area contributed by atoms with Gasteiger partial charge in [0.05, 0.1) is 11.1 Å². The van der Waals surface area contributed by atoms with Gasteiger partial charge in [-0.2, -0.15) is 0 Å². The highest BCUT2D eigenvalue weighted by Gasteiger charge is 2.15. The topological polar surface area (TPSA) is 66.4 Å². The molecule has 0 aliphatic rings. The third-order valence-corrected chi connectivity index (χ3v) is 3.49. The molecule has 0 bridgehead atoms. The lowest BCUT2D eigenvalue weighted by Crippen LogP contribution is -2.16. The molecule has 0 aliphatic carbocycles. The molecule has 0 aliphatic heterocycles. The van der Waals surface area contributed by atoms with Crippen molar-refractivity contribution in [3.63, 3.8) is 0 Å². The second kappa shape index (κ2) is 6.25. The van der Waals surface area contributed by atoms with E-state index in [0.717, 1.165) is 4.90 Å². The predicted molar refractivity (Wildman–Crippen MR) is 79.6 cm³/mol. The van der Waals surface area contributed by atoms with Crippen LogP contribution in [0.3, 0.4) is 0 Å². The predicted octanol–water partition coefficient (Wildman–Crippen LogP) is 3.36. The summed E-state index contributed by atoms with van der Waals surface area (Å²) in [5.74, 6) is -1.55. The van der Waals surface area contributed by atoms with Gasteiger partial charge in [0.1, 0.15) is 0 Å². The lowest BCUT2D eigenvalue weighted by molar-refractivity contribution is 0.0692. The monoisotopic (exact) mass is 287 g/mol. The molecule has 0 radical (unpaired) electrons. The number of rotatable bonds is 4. The summed E-state index contributed by atoms with van der Waals surface area (Å²) in [6.45, 7) is 0. The molecule has 2 aromatic carbocycles. The van der Waals surface area contributed by atoms with Crippen molar-refractivity contribution in [2.24, 2.45) is 0 Å². The van der Waals surface area contributed by atoms with Gasteiger partial charge in [-0.05, 0) is 42.7 Å². The number of anilines is 1. The van der Waals surface area contributed by atoms with Gasteiger partial charge in [0.25, 0.3) is 5.91 Å². The average Bonchev–Trinajstić information content (AvgIpc) is 2.48. The van der Waals surface area contributed by atoms with Crippen LogP contribution >= 0.6 is 11.8 Å². The Balaban J connectivity index is 2.21. The number of carbonyl (C=O) groups is 2. The average molecular weight is 287 g/mol. The molecule has 1 amide bonds. The quantitative estimate of drug-likeness (QED) is 0.846. The SMILES string of the molecule is CSc1ccc(NC(=O)c2ccccc2C(=O)O)cc1. The van der Waals surface area contributed by atoms with Gasteiger partial charge in [-0.1, -0.05) is 12.1 Å². The van der Waals surface area contributed by atoms with Crippen molar-refractivity contribution in [3.8, 4) is 0 Å². The first-order chi connectivity index (χ1) is 9.61. The summed E-state index contributed by atoms with van der Waals surface area (Å²) in [7, 11) is 0. The molecule has 102 valence electrons. The van der Waals surface area contributed by atoms with Gasteiger partial charge in [-0.15, -0.1) is 11.8 Å². The van der Waals surface area contributed by atoms with Crippen molar-refractivity contribution in [1.82, 2.24) is 0 Å². The molecule has 2 aromatic rings. The Labute approximate surface area is 120 Å². The first-order valence-electron chi connectivity index (χ1n) is 5.89. The van der Waals surface area contributed by atoms with Crippen LogP contribution in [0.25, 0.3) is 0 Å². The number of hydrogen-bond acceptors (Lipinski definition) is 3. The van der Waals surface area contributed by atoms with Gasteiger partial charge in [0.15, 0.2) is 0 Å². The summed E-state index contributed by atoms with van der Waals surface area (Å²) in [5, 5.41) is 11.8. The molecule has 0 saturated heterocycles. The molecular formula is C15H13NO3S. The Kier molecular flexibility index (Phi) is 4.42. The first-order valence-corrected chi connectivity index (χ1v) is 7.12. The molecule has 2 N–H and O–H groups in total. The summed E-state index contributed by atoms with van der Waals surface area (Å²) in [6, 6.07) is 13.5. The van der Waals surface area contributed by atoms with E-state index in [2.05, 4.69) is 5.32 Å². The summed E-state index contributed by atoms with van der Waals surface area (Å²) < 4.78 is 0. The van der Waals surface area contributed by atoms with Crippen LogP contribution < -0.4 is 5.32 Å². The van der Waals surface area contributed by atoms with E-state index in [1.807, 2.05) is 18.4 Å². The van der Waals surface area contributed by atoms with Gasteiger partial charge in [0, 0.05) is 10.6 Å². The van der Waals surface area contributed by atoms with Crippen molar-refractivity contribution in [2.45, 2.75) is 4.90 Å². The van der Waals surface area contributed by atoms with Gasteiger partial charge in [-0.25, -0.2) is 4.79 Å². The Morgan fingerprint density at radius 2 is 1.60 bits per heavy atom. The van der Waals surface area contributed by atoms with E-state index >= 15 is 0 Å². The van der Waals surface area contributed by atoms with Crippen molar-refractivity contribution in [1.29, 1.82) is 0 Å². The van der Waals surface area contributed by atoms with E-state index in [1.165, 1.54) is 12.1 Å². The van der Waals surface area contributed by atoms with Crippen molar-refractivity contribution < 1.29 is 14.7 Å². The molecule has 0 spiro atoms. The van der Waals surface area contributed by atoms with Gasteiger partial charge in [0.2, 0.25) is 0 Å². The largest absolute Gasteiger partial charge is 0.478 e. The number of hydrogen-bond donors (Lipinski definition) is 2. The molecular weight excluding hydrogens is 274 g/mol. The Morgan fingerprint density at radius 3 is 2.15 bits per heavy atom. The maximum Gasteiger partial charge on any atom is 0.336 e. The minimum atomic E-state index is -1.12. The van der Waals surface area contributed by atoms with Crippen LogP contribution in [-0.2, 0) is 0 Å². The Morgan fingerprint density at radius 1 is 1.00 bits per heavy atom. The van der Waals surface area contributed by atoms with E-state index in [0.29, 0.717) is 5.69 Å². The van der Waals surface area contributed by atoms with E-state index < -0.39 is 11.9 Å². The van der Waals surface area contributed by atoms with E-state index in [-0.39, 0.29) is 11.1 Å². The maximum absolute atomic E-state index is 12.1. The number of benzene rings is 2. The van der Waals surface area contributed by atoms with Crippen molar-refractivity contribution in [3.05, 3.63) is 59.7 Å². The number of carbonyl (C=O) groups excluding carboxylic acids is 1. The lowest BCUT2D eigenvalue weighted by Gasteiger charge is -2.08. The van der Waals surface area contributed by atoms with Crippen LogP contribution in [0.5, 0.6) is 0 Å². The molecule has 0 heterocycles. The molecule has 4 nitrogen and oxygen atoms in total. The number of carboxylic acids is 1. The van der Waals surface area contributed by atoms with E-state index in [9.17, 15) is 9.59 Å². The zero-order valence-corrected chi connectivity index (χ0v) is 11.6. The van der Waals surface area contributed by atoms with Gasteiger partial charge in [-0.3, -0.25) is 4.79 Å². The third-order valence-electron chi connectivity index (χ3n) is 2.75. The molecule has 0 saturated carbocycles. The fourth-order valence-corrected chi connectivity index (χ4v) is 2.15. The van der Waals surface area contributed by atoms with Crippen LogP contribution in [0.2, 0.25) is 0 Å². The Bertz CT molecular complexity index is 638. The Hall–Kier alpha value is -2.27. The second-order valence-corrected chi connectivity index (χ2v) is 4.91. The number of carboxylic acid groups (broad SMARTS) is 1. The summed E-state index contributed by atoms with van der Waals surface area (Å²) >= 11 is 1.61. The van der Waals surface area contributed by atoms with Crippen molar-refractivity contribution in [2.75, 3.05) is 11.6 Å². The minimum Gasteiger partial charge on any atom is -0.478 e. The standard InChI is InChI=1S/C15H13NO3S/c1-20-11-8-6-10(7-9-11)16-14(17)12-4-2-3-5-13(12)15(18)19/h2-9H,1H3,(H,16,17)(H,18,19). The van der Waals surface area contributed by atoms with Crippen LogP contribution in [0, 0.1) is 0 Å². The molecule has 20 heavy (non-hydrogen) atoms. The zero-order chi connectivity index (χ0) is 14.5. The molecule has 0 fully saturated rings. The highest BCUT2D eigenvalue weighted by molar-refractivity contribution is 7.98. The van der Waals surface area contributed by atoms with Gasteiger partial charge >= 0.3 is 5.97 Å². The molecule has 5 heteroatoms. The number of thioether (sulfide) groups is 1. The minimum absolute atomic E-state index is 0.00858. The van der Waals surface area contributed by atoms with E-state index in [4.69, 9.17) is 5.11 Å². The van der Waals surface area contributed by atoms with Crippen molar-refractivity contribution >= 4 is 29.3 Å². The normalized spacial score (nSPS) is 10.1. The highest BCUT2D eigenvalue weighted by atomic mass is 32.2. The molecule has 0 aromatic heterocycles. The third kappa shape index (κ3) is 3.19. The van der Waals surface area contributed by atoms with Crippen LogP contribution in [-0.4, -0.2) is 23.2 Å². The summed E-state index contributed by atoms with van der Waals surface area (Å²) in [5.41, 5.74) is 0.771. The summed E-state index contributed by atoms with van der Waals surface area (Å²) in [6.07, 6.45) is 1.97. The number of amides is 1. The van der Waals surface area contributed by atoms with Crippen LogP contribution in [0.4, 0.5) is 5.69 Å². The zero-order valence-electron chi connectivity index (χ0n) is 10.8. The maximum atomic E-state index is 12.1. The van der Waals surface area contributed by atoms with Crippen LogP contribution in [0.1, 0.15) is 20.7 Å². The molecule has 2 rings (SSSR count). The summed E-state index contributed by atoms with van der Waals surface area (Å²) in [4.78, 5) is 24.3. The smallest absolute Gasteiger partial charge is 0.336 e. The lowest BCUT2D eigenvalue weighted by atomic mass is 10.1.